The second-order valence-corrected chi connectivity index (χ2v) is 11.4. The molecule has 0 radical (unpaired) electrons. The van der Waals surface area contributed by atoms with Gasteiger partial charge in [-0.05, 0) is 48.5 Å². The van der Waals surface area contributed by atoms with E-state index in [1.54, 1.807) is 60.2 Å². The summed E-state index contributed by atoms with van der Waals surface area (Å²) in [5.74, 6) is 1.30. The summed E-state index contributed by atoms with van der Waals surface area (Å²) in [5.41, 5.74) is 7.02. The molecule has 3 N–H and O–H groups in total. The van der Waals surface area contributed by atoms with Crippen LogP contribution in [0.25, 0.3) is 16.9 Å². The molecule has 1 atom stereocenters. The van der Waals surface area contributed by atoms with Gasteiger partial charge in [0.1, 0.15) is 18.7 Å². The summed E-state index contributed by atoms with van der Waals surface area (Å²) in [6.07, 6.45) is 1.06. The molecular formula is C27H27ClN5O8P. The van der Waals surface area contributed by atoms with Gasteiger partial charge in [-0.15, -0.1) is 0 Å². The number of halogens is 1. The molecule has 0 bridgehead atoms. The van der Waals surface area contributed by atoms with Crippen molar-refractivity contribution in [1.82, 2.24) is 19.5 Å². The van der Waals surface area contributed by atoms with E-state index in [1.165, 1.54) is 6.33 Å². The lowest BCUT2D eigenvalue weighted by atomic mass is 10.1. The van der Waals surface area contributed by atoms with Crippen LogP contribution >= 0.6 is 19.2 Å². The Morgan fingerprint density at radius 1 is 1.14 bits per heavy atom. The predicted molar refractivity (Wildman–Crippen MR) is 154 cm³/mol. The Bertz CT molecular complexity index is 1740. The largest absolute Gasteiger partial charge is 0.497 e. The molecule has 0 fully saturated rings. The van der Waals surface area contributed by atoms with Gasteiger partial charge in [0.05, 0.1) is 26.7 Å². The first-order valence-corrected chi connectivity index (χ1v) is 14.7. The van der Waals surface area contributed by atoms with Gasteiger partial charge in [-0.1, -0.05) is 23.7 Å². The molecule has 1 aliphatic rings. The predicted octanol–water partition coefficient (Wildman–Crippen LogP) is 4.65. The number of nitrogens with zero attached hydrogens (tertiary/aromatic N) is 3. The van der Waals surface area contributed by atoms with Crippen LogP contribution in [0.1, 0.15) is 11.1 Å². The zero-order chi connectivity index (χ0) is 29.7. The second-order valence-electron chi connectivity index (χ2n) is 8.94. The van der Waals surface area contributed by atoms with E-state index in [2.05, 4.69) is 21.5 Å². The van der Waals surface area contributed by atoms with Crippen LogP contribution < -0.4 is 16.0 Å². The monoisotopic (exact) mass is 615 g/mol. The summed E-state index contributed by atoms with van der Waals surface area (Å²) >= 11 is 6.09. The van der Waals surface area contributed by atoms with Crippen LogP contribution in [0.5, 0.6) is 5.75 Å². The summed E-state index contributed by atoms with van der Waals surface area (Å²) in [7, 11) is -2.30. The average molecular weight is 616 g/mol. The van der Waals surface area contributed by atoms with E-state index in [0.717, 1.165) is 0 Å². The number of ether oxygens (including phenoxy) is 4. The molecule has 13 nitrogen and oxygen atoms in total. The summed E-state index contributed by atoms with van der Waals surface area (Å²) in [6.45, 7) is 3.72. The minimum absolute atomic E-state index is 0.0356. The topological polar surface area (TPSA) is 162 Å². The number of aromatic amines is 1. The second kappa shape index (κ2) is 12.8. The van der Waals surface area contributed by atoms with Crippen molar-refractivity contribution in [2.45, 2.75) is 13.2 Å². The number of methoxy groups -OCH3 is 1. The number of nitrogens with two attached hydrogens (primary N) is 1. The number of nitrogen functional groups attached to an aromatic ring is 1. The highest BCUT2D eigenvalue weighted by molar-refractivity contribution is 7.53. The third kappa shape index (κ3) is 7.01. The van der Waals surface area contributed by atoms with Gasteiger partial charge < -0.3 is 33.8 Å². The highest BCUT2D eigenvalue weighted by atomic mass is 35.5. The first-order chi connectivity index (χ1) is 20.2. The molecule has 5 rings (SSSR count). The summed E-state index contributed by atoms with van der Waals surface area (Å²) in [4.78, 5) is 22.6. The van der Waals surface area contributed by atoms with Crippen molar-refractivity contribution in [3.05, 3.63) is 99.6 Å². The van der Waals surface area contributed by atoms with Gasteiger partial charge in [0.2, 0.25) is 5.95 Å². The molecule has 2 aromatic carbocycles. The molecule has 15 heteroatoms. The number of aromatic nitrogens is 4. The third-order valence-corrected chi connectivity index (χ3v) is 7.77. The van der Waals surface area contributed by atoms with Crippen LogP contribution in [0.2, 0.25) is 5.02 Å². The van der Waals surface area contributed by atoms with Gasteiger partial charge in [-0.3, -0.25) is 18.9 Å². The molecule has 42 heavy (non-hydrogen) atoms. The SMILES string of the molecule is C=C1OC(COP(=O)(COCCn2cnc3c(=O)[nH]c(N)nc32)OCc2cccc(Cl)c2)=C(c2ccc(OC)cc2)O1. The smallest absolute Gasteiger partial charge is 0.356 e. The fourth-order valence-corrected chi connectivity index (χ4v) is 5.42. The Morgan fingerprint density at radius 3 is 2.69 bits per heavy atom. The van der Waals surface area contributed by atoms with Gasteiger partial charge in [0.15, 0.2) is 22.7 Å². The Kier molecular flexibility index (Phi) is 8.95. The van der Waals surface area contributed by atoms with Gasteiger partial charge in [-0.2, -0.15) is 4.98 Å². The highest BCUT2D eigenvalue weighted by Crippen LogP contribution is 2.50. The molecule has 1 aliphatic heterocycles. The molecule has 220 valence electrons. The normalized spacial score (nSPS) is 14.6. The Morgan fingerprint density at radius 2 is 1.93 bits per heavy atom. The van der Waals surface area contributed by atoms with Gasteiger partial charge in [0, 0.05) is 17.1 Å². The van der Waals surface area contributed by atoms with Crippen LogP contribution in [0.4, 0.5) is 5.95 Å². The summed E-state index contributed by atoms with van der Waals surface area (Å²) in [5, 5.41) is 0.507. The molecule has 1 unspecified atom stereocenters. The van der Waals surface area contributed by atoms with Crippen LogP contribution in [0, 0.1) is 0 Å². The van der Waals surface area contributed by atoms with Crippen LogP contribution in [-0.4, -0.2) is 46.2 Å². The fourth-order valence-electron chi connectivity index (χ4n) is 3.97. The van der Waals surface area contributed by atoms with E-state index >= 15 is 0 Å². The van der Waals surface area contributed by atoms with Crippen molar-refractivity contribution in [2.24, 2.45) is 0 Å². The lowest BCUT2D eigenvalue weighted by molar-refractivity contribution is 0.115. The summed E-state index contributed by atoms with van der Waals surface area (Å²) < 4.78 is 49.2. The number of hydrogen-bond acceptors (Lipinski definition) is 11. The minimum atomic E-state index is -3.87. The lowest BCUT2D eigenvalue weighted by Gasteiger charge is -2.19. The molecule has 2 aromatic heterocycles. The number of anilines is 1. The van der Waals surface area contributed by atoms with Crippen molar-refractivity contribution >= 4 is 42.1 Å². The molecule has 3 heterocycles. The first-order valence-electron chi connectivity index (χ1n) is 12.6. The van der Waals surface area contributed by atoms with E-state index in [-0.39, 0.29) is 55.9 Å². The quantitative estimate of drug-likeness (QED) is 0.159. The number of H-pyrrole nitrogens is 1. The van der Waals surface area contributed by atoms with Crippen molar-refractivity contribution in [3.8, 4) is 5.75 Å². The molecule has 4 aromatic rings. The lowest BCUT2D eigenvalue weighted by Crippen LogP contribution is -2.13. The van der Waals surface area contributed by atoms with Crippen LogP contribution in [0.3, 0.4) is 0 Å². The fraction of sp³-hybridized carbons (Fsp3) is 0.222. The number of rotatable bonds is 13. The number of hydrogen-bond donors (Lipinski definition) is 2. The average Bonchev–Trinajstić information content (AvgIpc) is 3.56. The van der Waals surface area contributed by atoms with E-state index in [1.807, 2.05) is 0 Å². The standard InChI is InChI=1S/C27H27ClN5O8P/c1-17-40-22(24(41-17)19-6-8-21(36-2)9-7-19)14-39-42(35,38-13-18-4-3-5-20(28)12-18)16-37-11-10-33-15-30-23-25(33)31-27(29)32-26(23)34/h3-9,12,15H,1,10-11,13-14,16H2,2H3,(H3,29,31,32,34). The van der Waals surface area contributed by atoms with Gasteiger partial charge >= 0.3 is 7.60 Å². The Balaban J connectivity index is 1.29. The van der Waals surface area contributed by atoms with Crippen molar-refractivity contribution in [3.63, 3.8) is 0 Å². The number of fused-ring (bicyclic) bond motifs is 1. The minimum Gasteiger partial charge on any atom is -0.497 e. The van der Waals surface area contributed by atoms with Gasteiger partial charge in [-0.25, -0.2) is 4.98 Å². The van der Waals surface area contributed by atoms with Crippen molar-refractivity contribution in [1.29, 1.82) is 0 Å². The molecular weight excluding hydrogens is 589 g/mol. The molecule has 0 amide bonds. The number of nitrogens with one attached hydrogen (secondary N) is 1. The maximum atomic E-state index is 13.8. The number of benzene rings is 2. The van der Waals surface area contributed by atoms with E-state index in [4.69, 9.17) is 45.3 Å². The first kappa shape index (κ1) is 29.4. The molecule has 0 spiro atoms. The van der Waals surface area contributed by atoms with Crippen LogP contribution in [0.15, 0.2) is 77.9 Å². The van der Waals surface area contributed by atoms with E-state index in [9.17, 15) is 9.36 Å². The Hall–Kier alpha value is -4.13. The molecule has 0 aliphatic carbocycles. The van der Waals surface area contributed by atoms with Crippen molar-refractivity contribution < 1.29 is 32.6 Å². The third-order valence-electron chi connectivity index (χ3n) is 5.99. The highest BCUT2D eigenvalue weighted by Gasteiger charge is 2.30. The van der Waals surface area contributed by atoms with Gasteiger partial charge in [0.25, 0.3) is 11.5 Å². The number of imidazole rings is 1. The van der Waals surface area contributed by atoms with E-state index < -0.39 is 13.2 Å². The summed E-state index contributed by atoms with van der Waals surface area (Å²) in [6, 6.07) is 14.0. The zero-order valence-corrected chi connectivity index (χ0v) is 24.1. The van der Waals surface area contributed by atoms with Crippen LogP contribution in [-0.2, 0) is 41.0 Å². The van der Waals surface area contributed by atoms with E-state index in [0.29, 0.717) is 33.3 Å². The molecule has 0 saturated heterocycles. The maximum Gasteiger partial charge on any atom is 0.356 e. The van der Waals surface area contributed by atoms with Crippen molar-refractivity contribution in [2.75, 3.05) is 32.4 Å². The Labute approximate surface area is 245 Å². The maximum absolute atomic E-state index is 13.8. The molecule has 0 saturated carbocycles. The zero-order valence-electron chi connectivity index (χ0n) is 22.4.